The van der Waals surface area contributed by atoms with E-state index in [1.165, 1.54) is 12.1 Å². The highest BCUT2D eigenvalue weighted by Gasteiger charge is 2.26. The summed E-state index contributed by atoms with van der Waals surface area (Å²) in [4.78, 5) is 11.3. The molecule has 0 saturated carbocycles. The number of carbonyl (C=O) groups excluding carboxylic acids is 1. The molecule has 0 unspecified atom stereocenters. The Morgan fingerprint density at radius 1 is 1.31 bits per heavy atom. The van der Waals surface area contributed by atoms with Crippen LogP contribution in [-0.4, -0.2) is 29.5 Å². The molecular formula is C9H18N2O2. The minimum Gasteiger partial charge on any atom is -0.451 e. The van der Waals surface area contributed by atoms with Crippen LogP contribution in [0.15, 0.2) is 5.10 Å². The lowest BCUT2D eigenvalue weighted by molar-refractivity contribution is 0.0857. The fraction of sp³-hybridized carbons (Fsp3) is 0.778. The number of hydrogen-bond acceptors (Lipinski definition) is 3. The Balaban J connectivity index is 4.78. The second-order valence-corrected chi connectivity index (χ2v) is 4.00. The van der Waals surface area contributed by atoms with Gasteiger partial charge in [0.1, 0.15) is 0 Å². The van der Waals surface area contributed by atoms with Crippen LogP contribution in [0.4, 0.5) is 4.79 Å². The summed E-state index contributed by atoms with van der Waals surface area (Å²) >= 11 is 0. The quantitative estimate of drug-likeness (QED) is 0.465. The first kappa shape index (κ1) is 11.9. The number of hydrogen-bond donors (Lipinski definition) is 0. The highest BCUT2D eigenvalue weighted by molar-refractivity contribution is 5.80. The molecule has 13 heavy (non-hydrogen) atoms. The fourth-order valence-electron chi connectivity index (χ4n) is 0.751. The van der Waals surface area contributed by atoms with Gasteiger partial charge in [0.15, 0.2) is 0 Å². The van der Waals surface area contributed by atoms with Gasteiger partial charge in [-0.1, -0.05) is 0 Å². The van der Waals surface area contributed by atoms with Crippen LogP contribution in [-0.2, 0) is 4.74 Å². The Bertz CT molecular complexity index is 212. The van der Waals surface area contributed by atoms with Gasteiger partial charge >= 0.3 is 6.09 Å². The molecule has 0 aromatic carbocycles. The molecule has 0 spiro atoms. The average molecular weight is 186 g/mol. The highest BCUT2D eigenvalue weighted by Crippen LogP contribution is 2.15. The molecule has 0 saturated heterocycles. The number of rotatable bonds is 1. The molecule has 0 N–H and O–H groups in total. The van der Waals surface area contributed by atoms with Crippen molar-refractivity contribution in [1.82, 2.24) is 5.01 Å². The maximum absolute atomic E-state index is 11.3. The van der Waals surface area contributed by atoms with E-state index in [4.69, 9.17) is 0 Å². The van der Waals surface area contributed by atoms with Gasteiger partial charge in [0.05, 0.1) is 12.6 Å². The summed E-state index contributed by atoms with van der Waals surface area (Å²) in [6.45, 7) is 9.37. The van der Waals surface area contributed by atoms with E-state index in [-0.39, 0.29) is 5.54 Å². The van der Waals surface area contributed by atoms with Crippen molar-refractivity contribution in [2.75, 3.05) is 7.11 Å². The van der Waals surface area contributed by atoms with Gasteiger partial charge in [-0.25, -0.2) is 4.79 Å². The van der Waals surface area contributed by atoms with Gasteiger partial charge in [-0.15, -0.1) is 0 Å². The van der Waals surface area contributed by atoms with E-state index < -0.39 is 6.09 Å². The van der Waals surface area contributed by atoms with Crippen LogP contribution in [0.3, 0.4) is 0 Å². The van der Waals surface area contributed by atoms with E-state index in [9.17, 15) is 4.79 Å². The third-order valence-electron chi connectivity index (χ3n) is 1.28. The molecule has 4 heteroatoms. The number of ether oxygens (including phenoxy) is 1. The van der Waals surface area contributed by atoms with Crippen molar-refractivity contribution in [3.05, 3.63) is 0 Å². The molecule has 0 bridgehead atoms. The summed E-state index contributed by atoms with van der Waals surface area (Å²) in [5.74, 6) is 0. The second-order valence-electron chi connectivity index (χ2n) is 4.00. The molecule has 0 fully saturated rings. The Kier molecular flexibility index (Phi) is 3.91. The molecule has 0 rings (SSSR count). The normalized spacial score (nSPS) is 10.6. The second kappa shape index (κ2) is 4.25. The zero-order valence-corrected chi connectivity index (χ0v) is 9.21. The Hall–Kier alpha value is -1.06. The summed E-state index contributed by atoms with van der Waals surface area (Å²) < 4.78 is 4.62. The first-order chi connectivity index (χ1) is 5.79. The molecule has 0 heterocycles. The summed E-state index contributed by atoms with van der Waals surface area (Å²) in [6, 6.07) is 0. The van der Waals surface area contributed by atoms with Crippen LogP contribution in [0.2, 0.25) is 0 Å². The van der Waals surface area contributed by atoms with Gasteiger partial charge in [-0.2, -0.15) is 10.1 Å². The van der Waals surface area contributed by atoms with Crippen LogP contribution >= 0.6 is 0 Å². The highest BCUT2D eigenvalue weighted by atomic mass is 16.5. The Morgan fingerprint density at radius 3 is 2.00 bits per heavy atom. The molecule has 0 aromatic rings. The van der Waals surface area contributed by atoms with Crippen molar-refractivity contribution < 1.29 is 9.53 Å². The lowest BCUT2D eigenvalue weighted by atomic mass is 10.1. The van der Waals surface area contributed by atoms with Crippen LogP contribution in [0.1, 0.15) is 34.6 Å². The third-order valence-corrected chi connectivity index (χ3v) is 1.28. The molecular weight excluding hydrogens is 168 g/mol. The van der Waals surface area contributed by atoms with Crippen molar-refractivity contribution in [1.29, 1.82) is 0 Å². The van der Waals surface area contributed by atoms with Gasteiger partial charge < -0.3 is 4.74 Å². The fourth-order valence-corrected chi connectivity index (χ4v) is 0.751. The maximum atomic E-state index is 11.3. The number of amides is 1. The van der Waals surface area contributed by atoms with Gasteiger partial charge in [0.2, 0.25) is 0 Å². The van der Waals surface area contributed by atoms with Crippen molar-refractivity contribution in [3.63, 3.8) is 0 Å². The van der Waals surface area contributed by atoms with Gasteiger partial charge in [0, 0.05) is 5.71 Å². The topological polar surface area (TPSA) is 41.9 Å². The Morgan fingerprint density at radius 2 is 1.77 bits per heavy atom. The summed E-state index contributed by atoms with van der Waals surface area (Å²) in [6.07, 6.45) is -0.436. The minimum atomic E-state index is -0.436. The van der Waals surface area contributed by atoms with Crippen LogP contribution in [0.25, 0.3) is 0 Å². The first-order valence-corrected chi connectivity index (χ1v) is 4.19. The molecule has 4 nitrogen and oxygen atoms in total. The smallest absolute Gasteiger partial charge is 0.430 e. The van der Waals surface area contributed by atoms with Gasteiger partial charge in [-0.05, 0) is 34.6 Å². The molecule has 76 valence electrons. The third kappa shape index (κ3) is 3.92. The van der Waals surface area contributed by atoms with Crippen LogP contribution < -0.4 is 0 Å². The lowest BCUT2D eigenvalue weighted by Crippen LogP contribution is -2.42. The molecule has 0 aliphatic rings. The van der Waals surface area contributed by atoms with Crippen molar-refractivity contribution in [2.24, 2.45) is 5.10 Å². The number of hydrazone groups is 1. The predicted octanol–water partition coefficient (Wildman–Crippen LogP) is 2.25. The van der Waals surface area contributed by atoms with Crippen LogP contribution in [0, 0.1) is 0 Å². The zero-order chi connectivity index (χ0) is 10.6. The van der Waals surface area contributed by atoms with Crippen molar-refractivity contribution in [2.45, 2.75) is 40.2 Å². The first-order valence-electron chi connectivity index (χ1n) is 4.19. The minimum absolute atomic E-state index is 0.357. The van der Waals surface area contributed by atoms with E-state index in [0.717, 1.165) is 5.71 Å². The summed E-state index contributed by atoms with van der Waals surface area (Å²) in [5, 5.41) is 5.43. The predicted molar refractivity (Wildman–Crippen MR) is 52.8 cm³/mol. The van der Waals surface area contributed by atoms with E-state index >= 15 is 0 Å². The monoisotopic (exact) mass is 186 g/mol. The van der Waals surface area contributed by atoms with Crippen molar-refractivity contribution in [3.8, 4) is 0 Å². The van der Waals surface area contributed by atoms with E-state index in [0.29, 0.717) is 0 Å². The summed E-state index contributed by atoms with van der Waals surface area (Å²) in [7, 11) is 1.35. The van der Waals surface area contributed by atoms with E-state index in [1.54, 1.807) is 0 Å². The van der Waals surface area contributed by atoms with E-state index in [1.807, 2.05) is 34.6 Å². The average Bonchev–Trinajstić information content (AvgIpc) is 1.96. The molecule has 0 radical (unpaired) electrons. The van der Waals surface area contributed by atoms with Crippen LogP contribution in [0.5, 0.6) is 0 Å². The Labute approximate surface area is 79.6 Å². The maximum Gasteiger partial charge on any atom is 0.430 e. The number of carbonyl (C=O) groups is 1. The molecule has 0 aliphatic carbocycles. The number of nitrogens with zero attached hydrogens (tertiary/aromatic N) is 2. The van der Waals surface area contributed by atoms with Crippen molar-refractivity contribution >= 4 is 11.8 Å². The largest absolute Gasteiger partial charge is 0.451 e. The van der Waals surface area contributed by atoms with Gasteiger partial charge in [-0.3, -0.25) is 0 Å². The standard InChI is InChI=1S/C9H18N2O2/c1-7(2)10-11(8(12)13-6)9(3,4)5/h1-6H3. The van der Waals surface area contributed by atoms with Gasteiger partial charge in [0.25, 0.3) is 0 Å². The molecule has 0 aromatic heterocycles. The van der Waals surface area contributed by atoms with E-state index in [2.05, 4.69) is 9.84 Å². The molecule has 0 aliphatic heterocycles. The molecule has 0 atom stereocenters. The summed E-state index contributed by atoms with van der Waals surface area (Å²) in [5.41, 5.74) is 0.463. The lowest BCUT2D eigenvalue weighted by Gasteiger charge is -2.29. The molecule has 1 amide bonds. The SMILES string of the molecule is COC(=O)N(N=C(C)C)C(C)(C)C. The number of methoxy groups -OCH3 is 1. The zero-order valence-electron chi connectivity index (χ0n) is 9.21.